The van der Waals surface area contributed by atoms with E-state index in [1.54, 1.807) is 13.2 Å². The summed E-state index contributed by atoms with van der Waals surface area (Å²) in [5.74, 6) is 0.997. The minimum Gasteiger partial charge on any atom is -0.493 e. The van der Waals surface area contributed by atoms with Crippen LogP contribution in [0.2, 0.25) is 5.02 Å². The first-order valence-electron chi connectivity index (χ1n) is 11.2. The van der Waals surface area contributed by atoms with Crippen molar-refractivity contribution < 1.29 is 19.1 Å². The van der Waals surface area contributed by atoms with Crippen LogP contribution in [0.4, 0.5) is 0 Å². The SMILES string of the molecule is COc1cc(/C=N\OCC(=O)N[C@H]2CCCc3ccccc32)ccc1OCc1ccc(Cl)cc1. The molecule has 1 atom stereocenters. The smallest absolute Gasteiger partial charge is 0.261 e. The summed E-state index contributed by atoms with van der Waals surface area (Å²) in [6.45, 7) is 0.249. The van der Waals surface area contributed by atoms with Crippen LogP contribution in [0.3, 0.4) is 0 Å². The molecule has 0 aliphatic heterocycles. The van der Waals surface area contributed by atoms with Gasteiger partial charge in [-0.2, -0.15) is 0 Å². The Morgan fingerprint density at radius 3 is 2.76 bits per heavy atom. The summed E-state index contributed by atoms with van der Waals surface area (Å²) in [5.41, 5.74) is 4.25. The molecule has 4 rings (SSSR count). The zero-order valence-corrected chi connectivity index (χ0v) is 19.8. The quantitative estimate of drug-likeness (QED) is 0.327. The van der Waals surface area contributed by atoms with Crippen molar-refractivity contribution in [3.8, 4) is 11.5 Å². The summed E-state index contributed by atoms with van der Waals surface area (Å²) in [7, 11) is 1.58. The topological polar surface area (TPSA) is 69.2 Å². The van der Waals surface area contributed by atoms with E-state index >= 15 is 0 Å². The van der Waals surface area contributed by atoms with Crippen molar-refractivity contribution >= 4 is 23.7 Å². The summed E-state index contributed by atoms with van der Waals surface area (Å²) >= 11 is 5.92. The maximum Gasteiger partial charge on any atom is 0.261 e. The number of nitrogens with one attached hydrogen (secondary N) is 1. The van der Waals surface area contributed by atoms with Crippen LogP contribution in [-0.2, 0) is 22.7 Å². The van der Waals surface area contributed by atoms with Crippen LogP contribution >= 0.6 is 11.6 Å². The van der Waals surface area contributed by atoms with E-state index in [4.69, 9.17) is 25.9 Å². The normalized spacial score (nSPS) is 14.9. The molecule has 34 heavy (non-hydrogen) atoms. The van der Waals surface area contributed by atoms with Gasteiger partial charge < -0.3 is 19.6 Å². The molecule has 7 heteroatoms. The Hall–Kier alpha value is -3.51. The van der Waals surface area contributed by atoms with Gasteiger partial charge in [0.2, 0.25) is 0 Å². The number of rotatable bonds is 9. The number of aryl methyl sites for hydroxylation is 1. The first-order chi connectivity index (χ1) is 16.6. The highest BCUT2D eigenvalue weighted by atomic mass is 35.5. The van der Waals surface area contributed by atoms with Crippen LogP contribution in [-0.4, -0.2) is 25.8 Å². The number of amides is 1. The number of ether oxygens (including phenoxy) is 2. The van der Waals surface area contributed by atoms with Crippen LogP contribution in [0.15, 0.2) is 71.9 Å². The molecule has 6 nitrogen and oxygen atoms in total. The van der Waals surface area contributed by atoms with E-state index in [0.717, 1.165) is 30.4 Å². The van der Waals surface area contributed by atoms with Gasteiger partial charge in [0.1, 0.15) is 6.61 Å². The second-order valence-corrected chi connectivity index (χ2v) is 8.48. The minimum absolute atomic E-state index is 0.0229. The Kier molecular flexibility index (Phi) is 8.04. The Morgan fingerprint density at radius 2 is 1.94 bits per heavy atom. The highest BCUT2D eigenvalue weighted by molar-refractivity contribution is 6.30. The fourth-order valence-corrected chi connectivity index (χ4v) is 4.09. The van der Waals surface area contributed by atoms with Crippen LogP contribution in [0, 0.1) is 0 Å². The molecule has 0 bridgehead atoms. The number of methoxy groups -OCH3 is 1. The molecular weight excluding hydrogens is 452 g/mol. The Labute approximate surface area is 204 Å². The fraction of sp³-hybridized carbons (Fsp3) is 0.259. The lowest BCUT2D eigenvalue weighted by molar-refractivity contribution is -0.126. The predicted molar refractivity (Wildman–Crippen MR) is 133 cm³/mol. The van der Waals surface area contributed by atoms with Crippen molar-refractivity contribution in [3.63, 3.8) is 0 Å². The average molecular weight is 479 g/mol. The molecule has 0 unspecified atom stereocenters. The van der Waals surface area contributed by atoms with Crippen LogP contribution < -0.4 is 14.8 Å². The third kappa shape index (κ3) is 6.29. The summed E-state index contributed by atoms with van der Waals surface area (Å²) in [6.07, 6.45) is 4.58. The lowest BCUT2D eigenvalue weighted by Gasteiger charge is -2.26. The number of fused-ring (bicyclic) bond motifs is 1. The van der Waals surface area contributed by atoms with Crippen molar-refractivity contribution in [3.05, 3.63) is 94.0 Å². The number of nitrogens with zero attached hydrogens (tertiary/aromatic N) is 1. The molecule has 0 aromatic heterocycles. The number of halogens is 1. The highest BCUT2D eigenvalue weighted by Crippen LogP contribution is 2.30. The van der Waals surface area contributed by atoms with Crippen LogP contribution in [0.5, 0.6) is 11.5 Å². The van der Waals surface area contributed by atoms with Gasteiger partial charge in [0.25, 0.3) is 5.91 Å². The number of hydrogen-bond acceptors (Lipinski definition) is 5. The van der Waals surface area contributed by atoms with Gasteiger partial charge in [-0.25, -0.2) is 0 Å². The molecule has 0 saturated carbocycles. The van der Waals surface area contributed by atoms with Crippen molar-refractivity contribution in [2.24, 2.45) is 5.16 Å². The molecular formula is C27H27ClN2O4. The number of oxime groups is 1. The highest BCUT2D eigenvalue weighted by Gasteiger charge is 2.21. The van der Waals surface area contributed by atoms with Gasteiger partial charge in [-0.05, 0) is 66.3 Å². The molecule has 176 valence electrons. The molecule has 0 radical (unpaired) electrons. The van der Waals surface area contributed by atoms with E-state index in [2.05, 4.69) is 22.6 Å². The van der Waals surface area contributed by atoms with Gasteiger partial charge in [-0.15, -0.1) is 0 Å². The van der Waals surface area contributed by atoms with Gasteiger partial charge >= 0.3 is 0 Å². The number of carbonyl (C=O) groups excluding carboxylic acids is 1. The molecule has 1 N–H and O–H groups in total. The Bertz CT molecular complexity index is 1150. The number of hydrogen-bond donors (Lipinski definition) is 1. The molecule has 0 fully saturated rings. The predicted octanol–water partition coefficient (Wildman–Crippen LogP) is 5.47. The van der Waals surface area contributed by atoms with Crippen molar-refractivity contribution in [2.75, 3.05) is 13.7 Å². The third-order valence-corrected chi connectivity index (χ3v) is 5.92. The summed E-state index contributed by atoms with van der Waals surface area (Å²) < 4.78 is 11.3. The molecule has 1 amide bonds. The molecule has 1 aliphatic carbocycles. The molecule has 3 aromatic rings. The fourth-order valence-electron chi connectivity index (χ4n) is 3.96. The van der Waals surface area contributed by atoms with Crippen molar-refractivity contribution in [1.29, 1.82) is 0 Å². The Morgan fingerprint density at radius 1 is 1.12 bits per heavy atom. The van der Waals surface area contributed by atoms with E-state index in [1.807, 2.05) is 48.5 Å². The zero-order chi connectivity index (χ0) is 23.8. The summed E-state index contributed by atoms with van der Waals surface area (Å²) in [4.78, 5) is 17.6. The van der Waals surface area contributed by atoms with E-state index in [9.17, 15) is 4.79 Å². The summed E-state index contributed by atoms with van der Waals surface area (Å²) in [5, 5.41) is 7.66. The van der Waals surface area contributed by atoms with Gasteiger partial charge in [0.05, 0.1) is 19.4 Å². The van der Waals surface area contributed by atoms with Crippen molar-refractivity contribution in [1.82, 2.24) is 5.32 Å². The van der Waals surface area contributed by atoms with E-state index < -0.39 is 0 Å². The summed E-state index contributed by atoms with van der Waals surface area (Å²) in [6, 6.07) is 21.2. The standard InChI is InChI=1S/C27H27ClN2O4/c1-32-26-15-20(11-14-25(26)33-17-19-9-12-22(28)13-10-19)16-29-34-18-27(31)30-24-8-4-6-21-5-2-3-7-23(21)24/h2-3,5,7,9-16,24H,4,6,8,17-18H2,1H3,(H,30,31)/b29-16-/t24-/m0/s1. The molecule has 0 spiro atoms. The first-order valence-corrected chi connectivity index (χ1v) is 11.6. The molecule has 0 saturated heterocycles. The van der Waals surface area contributed by atoms with E-state index in [0.29, 0.717) is 23.1 Å². The maximum absolute atomic E-state index is 12.3. The number of carbonyl (C=O) groups is 1. The Balaban J connectivity index is 1.27. The van der Waals surface area contributed by atoms with E-state index in [1.165, 1.54) is 17.3 Å². The van der Waals surface area contributed by atoms with Gasteiger partial charge in [0.15, 0.2) is 18.1 Å². The van der Waals surface area contributed by atoms with Crippen LogP contribution in [0.25, 0.3) is 0 Å². The lowest BCUT2D eigenvalue weighted by atomic mass is 9.88. The van der Waals surface area contributed by atoms with Gasteiger partial charge in [-0.1, -0.05) is 53.2 Å². The van der Waals surface area contributed by atoms with Crippen LogP contribution in [0.1, 0.15) is 41.1 Å². The monoisotopic (exact) mass is 478 g/mol. The van der Waals surface area contributed by atoms with Gasteiger partial charge in [-0.3, -0.25) is 4.79 Å². The molecule has 0 heterocycles. The molecule has 1 aliphatic rings. The average Bonchev–Trinajstić information content (AvgIpc) is 2.87. The van der Waals surface area contributed by atoms with Crippen molar-refractivity contribution in [2.45, 2.75) is 31.9 Å². The number of benzene rings is 3. The largest absolute Gasteiger partial charge is 0.493 e. The maximum atomic E-state index is 12.3. The first kappa shape index (κ1) is 23.6. The van der Waals surface area contributed by atoms with E-state index in [-0.39, 0.29) is 18.6 Å². The van der Waals surface area contributed by atoms with Gasteiger partial charge in [0, 0.05) is 10.6 Å². The second-order valence-electron chi connectivity index (χ2n) is 8.04. The minimum atomic E-state index is -0.192. The lowest BCUT2D eigenvalue weighted by Crippen LogP contribution is -2.33. The second kappa shape index (κ2) is 11.6. The molecule has 3 aromatic carbocycles. The zero-order valence-electron chi connectivity index (χ0n) is 19.0. The third-order valence-electron chi connectivity index (χ3n) is 5.67.